The van der Waals surface area contributed by atoms with Gasteiger partial charge in [0.05, 0.1) is 11.6 Å². The van der Waals surface area contributed by atoms with Crippen LogP contribution in [0.15, 0.2) is 60.7 Å². The number of nitrogens with zero attached hydrogens (tertiary/aromatic N) is 3. The molecule has 1 fully saturated rings. The zero-order valence-electron chi connectivity index (χ0n) is 16.9. The third-order valence-electron chi connectivity index (χ3n) is 5.37. The fraction of sp³-hybridized carbons (Fsp3) is 0.292. The second-order valence-electron chi connectivity index (χ2n) is 7.79. The minimum absolute atomic E-state index is 0.0532. The number of aryl methyl sites for hydroxylation is 2. The molecule has 148 valence electrons. The van der Waals surface area contributed by atoms with E-state index >= 15 is 0 Å². The molecule has 1 aliphatic rings. The van der Waals surface area contributed by atoms with Crippen LogP contribution in [0, 0.1) is 19.8 Å². The summed E-state index contributed by atoms with van der Waals surface area (Å²) in [6.07, 6.45) is 1.86. The third-order valence-corrected chi connectivity index (χ3v) is 5.37. The Bertz CT molecular complexity index is 1000. The van der Waals surface area contributed by atoms with Crippen LogP contribution in [0.1, 0.15) is 24.0 Å². The van der Waals surface area contributed by atoms with Crippen LogP contribution in [0.4, 0.5) is 11.5 Å². The van der Waals surface area contributed by atoms with Crippen molar-refractivity contribution in [2.75, 3.05) is 23.3 Å². The number of anilines is 2. The summed E-state index contributed by atoms with van der Waals surface area (Å²) >= 11 is 0. The van der Waals surface area contributed by atoms with E-state index in [1.165, 1.54) is 5.56 Å². The Balaban J connectivity index is 1.43. The van der Waals surface area contributed by atoms with Crippen LogP contribution in [0.25, 0.3) is 11.3 Å². The molecule has 0 saturated carbocycles. The minimum atomic E-state index is -0.0532. The molecule has 3 aromatic rings. The van der Waals surface area contributed by atoms with Gasteiger partial charge in [0.25, 0.3) is 0 Å². The molecule has 1 amide bonds. The SMILES string of the molecule is Cc1cccc(NC(=O)[C@H]2CCCN(c3ccc(-c4cccc(C)c4)nn3)C2)c1. The first-order chi connectivity index (χ1) is 14.1. The lowest BCUT2D eigenvalue weighted by Gasteiger charge is -2.32. The molecule has 1 aliphatic heterocycles. The highest BCUT2D eigenvalue weighted by Gasteiger charge is 2.26. The first kappa shape index (κ1) is 19.1. The molecule has 0 bridgehead atoms. The number of rotatable bonds is 4. The Hall–Kier alpha value is -3.21. The van der Waals surface area contributed by atoms with Crippen LogP contribution < -0.4 is 10.2 Å². The monoisotopic (exact) mass is 386 g/mol. The molecule has 1 atom stereocenters. The number of amides is 1. The van der Waals surface area contributed by atoms with Crippen LogP contribution in [0.3, 0.4) is 0 Å². The summed E-state index contributed by atoms with van der Waals surface area (Å²) in [5.74, 6) is 0.849. The number of hydrogen-bond acceptors (Lipinski definition) is 4. The number of carbonyl (C=O) groups excluding carboxylic acids is 1. The molecule has 5 nitrogen and oxygen atoms in total. The number of piperidine rings is 1. The van der Waals surface area contributed by atoms with E-state index in [0.717, 1.165) is 47.7 Å². The molecule has 5 heteroatoms. The van der Waals surface area contributed by atoms with Crippen molar-refractivity contribution in [3.63, 3.8) is 0 Å². The summed E-state index contributed by atoms with van der Waals surface area (Å²) in [4.78, 5) is 14.9. The molecule has 2 aromatic carbocycles. The molecular formula is C24H26N4O. The molecule has 0 spiro atoms. The summed E-state index contributed by atoms with van der Waals surface area (Å²) in [5, 5.41) is 11.9. The Morgan fingerprint density at radius 3 is 2.52 bits per heavy atom. The second-order valence-corrected chi connectivity index (χ2v) is 7.79. The molecule has 2 heterocycles. The lowest BCUT2D eigenvalue weighted by atomic mass is 9.97. The molecule has 1 aromatic heterocycles. The second kappa shape index (κ2) is 8.43. The van der Waals surface area contributed by atoms with E-state index in [9.17, 15) is 4.79 Å². The molecule has 0 radical (unpaired) electrons. The van der Waals surface area contributed by atoms with E-state index in [2.05, 4.69) is 39.5 Å². The van der Waals surface area contributed by atoms with E-state index in [0.29, 0.717) is 6.54 Å². The van der Waals surface area contributed by atoms with Crippen LogP contribution in [-0.4, -0.2) is 29.2 Å². The van der Waals surface area contributed by atoms with Gasteiger partial charge in [-0.25, -0.2) is 0 Å². The minimum Gasteiger partial charge on any atom is -0.354 e. The van der Waals surface area contributed by atoms with Crippen molar-refractivity contribution in [2.24, 2.45) is 5.92 Å². The van der Waals surface area contributed by atoms with E-state index < -0.39 is 0 Å². The molecular weight excluding hydrogens is 360 g/mol. The quantitative estimate of drug-likeness (QED) is 0.711. The molecule has 0 aliphatic carbocycles. The van der Waals surface area contributed by atoms with Crippen molar-refractivity contribution in [3.05, 3.63) is 71.8 Å². The molecule has 29 heavy (non-hydrogen) atoms. The largest absolute Gasteiger partial charge is 0.354 e. The van der Waals surface area contributed by atoms with E-state index in [1.807, 2.05) is 55.5 Å². The van der Waals surface area contributed by atoms with Gasteiger partial charge in [-0.3, -0.25) is 4.79 Å². The molecule has 0 unspecified atom stereocenters. The maximum absolute atomic E-state index is 12.8. The first-order valence-electron chi connectivity index (χ1n) is 10.1. The van der Waals surface area contributed by atoms with Gasteiger partial charge in [-0.1, -0.05) is 35.9 Å². The topological polar surface area (TPSA) is 58.1 Å². The van der Waals surface area contributed by atoms with Crippen molar-refractivity contribution in [1.82, 2.24) is 10.2 Å². The highest BCUT2D eigenvalue weighted by atomic mass is 16.1. The lowest BCUT2D eigenvalue weighted by Crippen LogP contribution is -2.41. The third kappa shape index (κ3) is 4.62. The van der Waals surface area contributed by atoms with Gasteiger partial charge < -0.3 is 10.2 Å². The number of hydrogen-bond donors (Lipinski definition) is 1. The average Bonchev–Trinajstić information content (AvgIpc) is 2.74. The van der Waals surface area contributed by atoms with Crippen molar-refractivity contribution < 1.29 is 4.79 Å². The summed E-state index contributed by atoms with van der Waals surface area (Å²) in [6, 6.07) is 20.2. The van der Waals surface area contributed by atoms with Crippen LogP contribution in [-0.2, 0) is 4.79 Å². The van der Waals surface area contributed by atoms with Crippen molar-refractivity contribution in [1.29, 1.82) is 0 Å². The number of benzene rings is 2. The van der Waals surface area contributed by atoms with Crippen LogP contribution >= 0.6 is 0 Å². The van der Waals surface area contributed by atoms with Gasteiger partial charge in [-0.05, 0) is 62.6 Å². The maximum Gasteiger partial charge on any atom is 0.229 e. The number of carbonyl (C=O) groups is 1. The van der Waals surface area contributed by atoms with Gasteiger partial charge in [-0.15, -0.1) is 10.2 Å². The zero-order chi connectivity index (χ0) is 20.2. The standard InChI is InChI=1S/C24H26N4O/c1-17-6-3-8-19(14-17)22-11-12-23(27-26-22)28-13-5-9-20(16-28)24(29)25-21-10-4-7-18(2)15-21/h3-4,6-8,10-12,14-15,20H,5,9,13,16H2,1-2H3,(H,25,29)/t20-/m0/s1. The highest BCUT2D eigenvalue weighted by Crippen LogP contribution is 2.24. The normalized spacial score (nSPS) is 16.5. The summed E-state index contributed by atoms with van der Waals surface area (Å²) in [5.41, 5.74) is 5.12. The number of aromatic nitrogens is 2. The molecule has 1 saturated heterocycles. The smallest absolute Gasteiger partial charge is 0.229 e. The molecule has 4 rings (SSSR count). The number of nitrogens with one attached hydrogen (secondary N) is 1. The van der Waals surface area contributed by atoms with Gasteiger partial charge in [-0.2, -0.15) is 0 Å². The van der Waals surface area contributed by atoms with Gasteiger partial charge >= 0.3 is 0 Å². The van der Waals surface area contributed by atoms with Crippen LogP contribution in [0.2, 0.25) is 0 Å². The zero-order valence-corrected chi connectivity index (χ0v) is 16.9. The van der Waals surface area contributed by atoms with Gasteiger partial charge in [0.15, 0.2) is 5.82 Å². The van der Waals surface area contributed by atoms with Gasteiger partial charge in [0, 0.05) is 24.3 Å². The first-order valence-corrected chi connectivity index (χ1v) is 10.1. The fourth-order valence-corrected chi connectivity index (χ4v) is 3.82. The van der Waals surface area contributed by atoms with E-state index in [-0.39, 0.29) is 11.8 Å². The Morgan fingerprint density at radius 1 is 1.00 bits per heavy atom. The Morgan fingerprint density at radius 2 is 1.79 bits per heavy atom. The average molecular weight is 386 g/mol. The predicted molar refractivity (Wildman–Crippen MR) is 117 cm³/mol. The lowest BCUT2D eigenvalue weighted by molar-refractivity contribution is -0.120. The molecule has 1 N–H and O–H groups in total. The predicted octanol–water partition coefficient (Wildman–Crippen LogP) is 4.62. The van der Waals surface area contributed by atoms with Gasteiger partial charge in [0.2, 0.25) is 5.91 Å². The van der Waals surface area contributed by atoms with Crippen molar-refractivity contribution >= 4 is 17.4 Å². The van der Waals surface area contributed by atoms with Crippen molar-refractivity contribution in [3.8, 4) is 11.3 Å². The summed E-state index contributed by atoms with van der Waals surface area (Å²) in [6.45, 7) is 5.65. The summed E-state index contributed by atoms with van der Waals surface area (Å²) < 4.78 is 0. The Kier molecular flexibility index (Phi) is 5.56. The summed E-state index contributed by atoms with van der Waals surface area (Å²) in [7, 11) is 0. The highest BCUT2D eigenvalue weighted by molar-refractivity contribution is 5.93. The van der Waals surface area contributed by atoms with Crippen molar-refractivity contribution in [2.45, 2.75) is 26.7 Å². The van der Waals surface area contributed by atoms with E-state index in [4.69, 9.17) is 0 Å². The Labute approximate surface area is 171 Å². The maximum atomic E-state index is 12.8. The van der Waals surface area contributed by atoms with Crippen LogP contribution in [0.5, 0.6) is 0 Å². The fourth-order valence-electron chi connectivity index (χ4n) is 3.82. The van der Waals surface area contributed by atoms with Gasteiger partial charge in [0.1, 0.15) is 0 Å². The van der Waals surface area contributed by atoms with E-state index in [1.54, 1.807) is 0 Å².